The van der Waals surface area contributed by atoms with Gasteiger partial charge in [-0.05, 0) is 57.2 Å². The molecule has 1 aromatic carbocycles. The highest BCUT2D eigenvalue weighted by Gasteiger charge is 2.37. The third kappa shape index (κ3) is 3.82. The zero-order chi connectivity index (χ0) is 18.0. The third-order valence-electron chi connectivity index (χ3n) is 5.47. The second kappa shape index (κ2) is 7.34. The van der Waals surface area contributed by atoms with E-state index in [9.17, 15) is 9.59 Å². The molecule has 1 saturated carbocycles. The van der Waals surface area contributed by atoms with Crippen molar-refractivity contribution >= 4 is 29.1 Å². The SMILES string of the molecule is CC1CCCCN1C(=O)c1ccc(NC(=O)C2(N)CCCC2)cc1Cl. The number of hydrogen-bond donors (Lipinski definition) is 2. The summed E-state index contributed by atoms with van der Waals surface area (Å²) in [7, 11) is 0. The van der Waals surface area contributed by atoms with Gasteiger partial charge < -0.3 is 16.0 Å². The molecule has 2 fully saturated rings. The van der Waals surface area contributed by atoms with Gasteiger partial charge in [0.15, 0.2) is 0 Å². The van der Waals surface area contributed by atoms with Crippen LogP contribution in [-0.2, 0) is 4.79 Å². The minimum absolute atomic E-state index is 0.0406. The van der Waals surface area contributed by atoms with E-state index in [1.807, 2.05) is 4.90 Å². The Labute approximate surface area is 153 Å². The van der Waals surface area contributed by atoms with E-state index in [-0.39, 0.29) is 17.9 Å². The van der Waals surface area contributed by atoms with E-state index in [0.717, 1.165) is 38.6 Å². The Morgan fingerprint density at radius 2 is 1.96 bits per heavy atom. The quantitative estimate of drug-likeness (QED) is 0.862. The summed E-state index contributed by atoms with van der Waals surface area (Å²) in [5.74, 6) is -0.217. The van der Waals surface area contributed by atoms with Crippen LogP contribution in [0.5, 0.6) is 0 Å². The van der Waals surface area contributed by atoms with Crippen LogP contribution in [0.15, 0.2) is 18.2 Å². The van der Waals surface area contributed by atoms with Gasteiger partial charge in [-0.25, -0.2) is 0 Å². The first-order chi connectivity index (χ1) is 11.9. The van der Waals surface area contributed by atoms with Crippen LogP contribution in [-0.4, -0.2) is 34.8 Å². The molecule has 3 rings (SSSR count). The molecule has 0 aromatic heterocycles. The lowest BCUT2D eigenvalue weighted by atomic mass is 9.98. The Balaban J connectivity index is 1.72. The first kappa shape index (κ1) is 18.2. The number of rotatable bonds is 3. The van der Waals surface area contributed by atoms with Gasteiger partial charge in [0.25, 0.3) is 5.91 Å². The Kier molecular flexibility index (Phi) is 5.35. The van der Waals surface area contributed by atoms with E-state index >= 15 is 0 Å². The summed E-state index contributed by atoms with van der Waals surface area (Å²) in [5.41, 5.74) is 6.45. The summed E-state index contributed by atoms with van der Waals surface area (Å²) in [5, 5.41) is 3.21. The maximum atomic E-state index is 12.8. The molecular formula is C19H26ClN3O2. The molecule has 1 heterocycles. The number of nitrogens with one attached hydrogen (secondary N) is 1. The Morgan fingerprint density at radius 3 is 2.60 bits per heavy atom. The number of anilines is 1. The largest absolute Gasteiger partial charge is 0.336 e. The van der Waals surface area contributed by atoms with Gasteiger partial charge in [-0.3, -0.25) is 9.59 Å². The number of amides is 2. The van der Waals surface area contributed by atoms with Crippen LogP contribution in [0.25, 0.3) is 0 Å². The number of benzene rings is 1. The topological polar surface area (TPSA) is 75.4 Å². The summed E-state index contributed by atoms with van der Waals surface area (Å²) in [6.07, 6.45) is 6.57. The average molecular weight is 364 g/mol. The molecule has 136 valence electrons. The number of nitrogens with two attached hydrogens (primary N) is 1. The standard InChI is InChI=1S/C19H26ClN3O2/c1-13-6-2-5-11-23(13)17(24)15-8-7-14(12-16(15)20)22-18(25)19(21)9-3-4-10-19/h7-8,12-13H,2-6,9-11,21H2,1H3,(H,22,25). The molecule has 1 atom stereocenters. The van der Waals surface area contributed by atoms with Gasteiger partial charge in [-0.2, -0.15) is 0 Å². The lowest BCUT2D eigenvalue weighted by Gasteiger charge is -2.33. The smallest absolute Gasteiger partial charge is 0.255 e. The maximum Gasteiger partial charge on any atom is 0.255 e. The van der Waals surface area contributed by atoms with Gasteiger partial charge in [0.1, 0.15) is 0 Å². The van der Waals surface area contributed by atoms with Gasteiger partial charge in [0.2, 0.25) is 5.91 Å². The van der Waals surface area contributed by atoms with Crippen molar-refractivity contribution in [2.75, 3.05) is 11.9 Å². The van der Waals surface area contributed by atoms with E-state index in [0.29, 0.717) is 29.1 Å². The number of piperidine rings is 1. The van der Waals surface area contributed by atoms with Crippen molar-refractivity contribution in [3.05, 3.63) is 28.8 Å². The van der Waals surface area contributed by atoms with Gasteiger partial charge in [0.05, 0.1) is 16.1 Å². The normalized spacial score (nSPS) is 22.7. The van der Waals surface area contributed by atoms with Crippen LogP contribution in [0.4, 0.5) is 5.69 Å². The Bertz CT molecular complexity index is 671. The number of nitrogens with zero attached hydrogens (tertiary/aromatic N) is 1. The first-order valence-electron chi connectivity index (χ1n) is 9.11. The summed E-state index contributed by atoms with van der Waals surface area (Å²) >= 11 is 6.34. The second-order valence-electron chi connectivity index (χ2n) is 7.36. The fraction of sp³-hybridized carbons (Fsp3) is 0.579. The van der Waals surface area contributed by atoms with E-state index < -0.39 is 5.54 Å². The first-order valence-corrected chi connectivity index (χ1v) is 9.49. The minimum Gasteiger partial charge on any atom is -0.336 e. The van der Waals surface area contributed by atoms with Crippen molar-refractivity contribution < 1.29 is 9.59 Å². The zero-order valence-electron chi connectivity index (χ0n) is 14.7. The number of halogens is 1. The maximum absolute atomic E-state index is 12.8. The van der Waals surface area contributed by atoms with Crippen molar-refractivity contribution in [2.45, 2.75) is 63.5 Å². The second-order valence-corrected chi connectivity index (χ2v) is 7.76. The van der Waals surface area contributed by atoms with Gasteiger partial charge in [-0.15, -0.1) is 0 Å². The van der Waals surface area contributed by atoms with Gasteiger partial charge in [0, 0.05) is 18.3 Å². The van der Waals surface area contributed by atoms with E-state index in [1.54, 1.807) is 18.2 Å². The van der Waals surface area contributed by atoms with E-state index in [4.69, 9.17) is 17.3 Å². The molecule has 2 aliphatic rings. The van der Waals surface area contributed by atoms with Crippen molar-refractivity contribution in [1.82, 2.24) is 4.90 Å². The molecule has 2 amide bonds. The molecule has 1 aromatic rings. The predicted octanol–water partition coefficient (Wildman–Crippen LogP) is 3.56. The summed E-state index contributed by atoms with van der Waals surface area (Å²) in [6, 6.07) is 5.29. The molecule has 1 aliphatic carbocycles. The molecule has 0 spiro atoms. The molecule has 5 nitrogen and oxygen atoms in total. The number of hydrogen-bond acceptors (Lipinski definition) is 3. The summed E-state index contributed by atoms with van der Waals surface area (Å²) in [4.78, 5) is 27.0. The van der Waals surface area contributed by atoms with Crippen molar-refractivity contribution in [1.29, 1.82) is 0 Å². The number of likely N-dealkylation sites (tertiary alicyclic amines) is 1. The molecule has 6 heteroatoms. The molecule has 3 N–H and O–H groups in total. The fourth-order valence-corrected chi connectivity index (χ4v) is 4.07. The highest BCUT2D eigenvalue weighted by atomic mass is 35.5. The van der Waals surface area contributed by atoms with Gasteiger partial charge in [-0.1, -0.05) is 24.4 Å². The molecule has 1 saturated heterocycles. The van der Waals surface area contributed by atoms with E-state index in [1.165, 1.54) is 0 Å². The van der Waals surface area contributed by atoms with Crippen molar-refractivity contribution in [2.24, 2.45) is 5.73 Å². The van der Waals surface area contributed by atoms with Crippen molar-refractivity contribution in [3.63, 3.8) is 0 Å². The summed E-state index contributed by atoms with van der Waals surface area (Å²) < 4.78 is 0. The number of carbonyl (C=O) groups excluding carboxylic acids is 2. The lowest BCUT2D eigenvalue weighted by molar-refractivity contribution is -0.121. The van der Waals surface area contributed by atoms with Gasteiger partial charge >= 0.3 is 0 Å². The van der Waals surface area contributed by atoms with Crippen LogP contribution in [0.1, 0.15) is 62.2 Å². The summed E-state index contributed by atoms with van der Waals surface area (Å²) in [6.45, 7) is 2.84. The fourth-order valence-electron chi connectivity index (χ4n) is 3.81. The molecule has 0 bridgehead atoms. The van der Waals surface area contributed by atoms with Crippen LogP contribution in [0.3, 0.4) is 0 Å². The van der Waals surface area contributed by atoms with Crippen LogP contribution >= 0.6 is 11.6 Å². The monoisotopic (exact) mass is 363 g/mol. The van der Waals surface area contributed by atoms with E-state index in [2.05, 4.69) is 12.2 Å². The Morgan fingerprint density at radius 1 is 1.24 bits per heavy atom. The molecule has 25 heavy (non-hydrogen) atoms. The molecule has 0 radical (unpaired) electrons. The molecular weight excluding hydrogens is 338 g/mol. The average Bonchev–Trinajstić information content (AvgIpc) is 3.03. The zero-order valence-corrected chi connectivity index (χ0v) is 15.4. The third-order valence-corrected chi connectivity index (χ3v) is 5.78. The molecule has 1 unspecified atom stereocenters. The van der Waals surface area contributed by atoms with Crippen molar-refractivity contribution in [3.8, 4) is 0 Å². The number of carbonyl (C=O) groups is 2. The van der Waals surface area contributed by atoms with Crippen LogP contribution in [0, 0.1) is 0 Å². The highest BCUT2D eigenvalue weighted by Crippen LogP contribution is 2.30. The van der Waals surface area contributed by atoms with Crippen LogP contribution in [0.2, 0.25) is 5.02 Å². The van der Waals surface area contributed by atoms with Crippen LogP contribution < -0.4 is 11.1 Å². The minimum atomic E-state index is -0.787. The Hall–Kier alpha value is -1.59. The highest BCUT2D eigenvalue weighted by molar-refractivity contribution is 6.34. The predicted molar refractivity (Wildman–Crippen MR) is 99.8 cm³/mol. The lowest BCUT2D eigenvalue weighted by Crippen LogP contribution is -2.48. The molecule has 1 aliphatic heterocycles.